The lowest BCUT2D eigenvalue weighted by molar-refractivity contribution is 0.580. The van der Waals surface area contributed by atoms with Crippen LogP contribution in [-0.2, 0) is 16.6 Å². The summed E-state index contributed by atoms with van der Waals surface area (Å²) >= 11 is 5.98. The van der Waals surface area contributed by atoms with E-state index in [1.54, 1.807) is 19.2 Å². The zero-order valence-electron chi connectivity index (χ0n) is 11.7. The summed E-state index contributed by atoms with van der Waals surface area (Å²) in [4.78, 5) is 4.19. The van der Waals surface area contributed by atoms with Crippen molar-refractivity contribution < 1.29 is 8.42 Å². The van der Waals surface area contributed by atoms with Gasteiger partial charge in [-0.05, 0) is 43.2 Å². The molecule has 112 valence electrons. The van der Waals surface area contributed by atoms with Gasteiger partial charge in [-0.25, -0.2) is 13.1 Å². The molecule has 0 saturated heterocycles. The molecule has 0 aliphatic rings. The van der Waals surface area contributed by atoms with Crippen LogP contribution in [0.4, 0.5) is 5.69 Å². The molecular weight excluding hydrogens is 310 g/mol. The van der Waals surface area contributed by atoms with E-state index in [9.17, 15) is 8.42 Å². The topological polar surface area (TPSA) is 85.1 Å². The highest BCUT2D eigenvalue weighted by Gasteiger charge is 2.17. The van der Waals surface area contributed by atoms with Crippen molar-refractivity contribution in [2.75, 3.05) is 5.73 Å². The van der Waals surface area contributed by atoms with Crippen LogP contribution < -0.4 is 10.5 Å². The van der Waals surface area contributed by atoms with Gasteiger partial charge in [0.1, 0.15) is 0 Å². The number of nitrogens with one attached hydrogen (secondary N) is 1. The summed E-state index contributed by atoms with van der Waals surface area (Å²) in [7, 11) is -3.69. The lowest BCUT2D eigenvalue weighted by atomic mass is 10.2. The van der Waals surface area contributed by atoms with Gasteiger partial charge in [0.15, 0.2) is 0 Å². The van der Waals surface area contributed by atoms with Gasteiger partial charge in [-0.15, -0.1) is 0 Å². The molecule has 1 aromatic heterocycles. The number of halogens is 1. The normalized spacial score (nSPS) is 11.6. The standard InChI is InChI=1S/C14H16ClN3O2S/c1-9-4-3-5-17-14(9)8-18-21(19,20)11-6-12(15)10(2)13(16)7-11/h3-7,18H,8,16H2,1-2H3. The second kappa shape index (κ2) is 6.01. The average Bonchev–Trinajstić information content (AvgIpc) is 2.43. The van der Waals surface area contributed by atoms with Crippen molar-refractivity contribution in [3.63, 3.8) is 0 Å². The molecule has 0 radical (unpaired) electrons. The van der Waals surface area contributed by atoms with Crippen LogP contribution in [0.1, 0.15) is 16.8 Å². The summed E-state index contributed by atoms with van der Waals surface area (Å²) in [6, 6.07) is 6.46. The molecule has 0 spiro atoms. The number of rotatable bonds is 4. The first kappa shape index (κ1) is 15.8. The Hall–Kier alpha value is -1.63. The molecule has 0 amide bonds. The molecule has 2 rings (SSSR count). The summed E-state index contributed by atoms with van der Waals surface area (Å²) < 4.78 is 27.1. The third-order valence-corrected chi connectivity index (χ3v) is 4.99. The molecule has 0 atom stereocenters. The van der Waals surface area contributed by atoms with Gasteiger partial charge in [0.2, 0.25) is 10.0 Å². The van der Waals surface area contributed by atoms with Crippen molar-refractivity contribution in [2.45, 2.75) is 25.3 Å². The Bertz CT molecular complexity index is 753. The Morgan fingerprint density at radius 3 is 2.67 bits per heavy atom. The minimum absolute atomic E-state index is 0.0455. The van der Waals surface area contributed by atoms with E-state index in [0.29, 0.717) is 22.0 Å². The van der Waals surface area contributed by atoms with E-state index in [1.165, 1.54) is 12.1 Å². The molecule has 3 N–H and O–H groups in total. The lowest BCUT2D eigenvalue weighted by Gasteiger charge is -2.10. The molecule has 0 fully saturated rings. The maximum absolute atomic E-state index is 12.3. The number of hydrogen-bond acceptors (Lipinski definition) is 4. The highest BCUT2D eigenvalue weighted by Crippen LogP contribution is 2.25. The van der Waals surface area contributed by atoms with E-state index >= 15 is 0 Å². The van der Waals surface area contributed by atoms with E-state index in [0.717, 1.165) is 5.56 Å². The van der Waals surface area contributed by atoms with Crippen molar-refractivity contribution in [1.82, 2.24) is 9.71 Å². The number of hydrogen-bond donors (Lipinski definition) is 2. The fourth-order valence-corrected chi connectivity index (χ4v) is 3.12. The van der Waals surface area contributed by atoms with E-state index < -0.39 is 10.0 Å². The average molecular weight is 326 g/mol. The summed E-state index contributed by atoms with van der Waals surface area (Å²) in [5.41, 5.74) is 8.36. The molecule has 0 saturated carbocycles. The number of aromatic nitrogens is 1. The number of aryl methyl sites for hydroxylation is 1. The summed E-state index contributed by atoms with van der Waals surface area (Å²) in [5, 5.41) is 0.324. The van der Waals surface area contributed by atoms with Crippen LogP contribution in [0.3, 0.4) is 0 Å². The minimum atomic E-state index is -3.69. The molecule has 21 heavy (non-hydrogen) atoms. The maximum Gasteiger partial charge on any atom is 0.241 e. The number of nitrogens with zero attached hydrogens (tertiary/aromatic N) is 1. The van der Waals surface area contributed by atoms with E-state index in [1.807, 2.05) is 13.0 Å². The first-order chi connectivity index (χ1) is 9.81. The van der Waals surface area contributed by atoms with Crippen molar-refractivity contribution in [2.24, 2.45) is 0 Å². The molecule has 0 unspecified atom stereocenters. The van der Waals surface area contributed by atoms with Crippen LogP contribution >= 0.6 is 11.6 Å². The van der Waals surface area contributed by atoms with Crippen molar-refractivity contribution >= 4 is 27.3 Å². The molecular formula is C14H16ClN3O2S. The Kier molecular flexibility index (Phi) is 4.51. The zero-order valence-corrected chi connectivity index (χ0v) is 13.3. The quantitative estimate of drug-likeness (QED) is 0.845. The molecule has 1 heterocycles. The highest BCUT2D eigenvalue weighted by atomic mass is 35.5. The van der Waals surface area contributed by atoms with Gasteiger partial charge in [0, 0.05) is 16.9 Å². The van der Waals surface area contributed by atoms with Crippen LogP contribution in [0.15, 0.2) is 35.4 Å². The van der Waals surface area contributed by atoms with E-state index in [2.05, 4.69) is 9.71 Å². The van der Waals surface area contributed by atoms with Crippen LogP contribution in [0, 0.1) is 13.8 Å². The molecule has 0 bridgehead atoms. The van der Waals surface area contributed by atoms with E-state index in [4.69, 9.17) is 17.3 Å². The molecule has 0 aliphatic carbocycles. The largest absolute Gasteiger partial charge is 0.398 e. The third kappa shape index (κ3) is 3.53. The predicted molar refractivity (Wildman–Crippen MR) is 83.6 cm³/mol. The Morgan fingerprint density at radius 2 is 2.05 bits per heavy atom. The van der Waals surface area contributed by atoms with Crippen LogP contribution in [0.2, 0.25) is 5.02 Å². The highest BCUT2D eigenvalue weighted by molar-refractivity contribution is 7.89. The molecule has 1 aromatic carbocycles. The van der Waals surface area contributed by atoms with Crippen LogP contribution in [-0.4, -0.2) is 13.4 Å². The summed E-state index contributed by atoms with van der Waals surface area (Å²) in [6.45, 7) is 3.72. The van der Waals surface area contributed by atoms with Gasteiger partial charge >= 0.3 is 0 Å². The number of anilines is 1. The number of benzene rings is 1. The number of nitrogens with two attached hydrogens (primary N) is 1. The molecule has 5 nitrogen and oxygen atoms in total. The minimum Gasteiger partial charge on any atom is -0.398 e. The molecule has 0 aliphatic heterocycles. The zero-order chi connectivity index (χ0) is 15.6. The number of sulfonamides is 1. The summed E-state index contributed by atoms with van der Waals surface area (Å²) in [6.07, 6.45) is 1.62. The smallest absolute Gasteiger partial charge is 0.241 e. The Balaban J connectivity index is 2.25. The van der Waals surface area contributed by atoms with Gasteiger partial charge in [0.25, 0.3) is 0 Å². The SMILES string of the molecule is Cc1cccnc1CNS(=O)(=O)c1cc(N)c(C)c(Cl)c1. The van der Waals surface area contributed by atoms with Crippen molar-refractivity contribution in [3.05, 3.63) is 52.3 Å². The maximum atomic E-state index is 12.3. The third-order valence-electron chi connectivity index (χ3n) is 3.22. The lowest BCUT2D eigenvalue weighted by Crippen LogP contribution is -2.24. The van der Waals surface area contributed by atoms with E-state index in [-0.39, 0.29) is 11.4 Å². The van der Waals surface area contributed by atoms with Gasteiger partial charge in [-0.1, -0.05) is 17.7 Å². The van der Waals surface area contributed by atoms with Crippen LogP contribution in [0.5, 0.6) is 0 Å². The van der Waals surface area contributed by atoms with Gasteiger partial charge < -0.3 is 5.73 Å². The summed E-state index contributed by atoms with van der Waals surface area (Å²) in [5.74, 6) is 0. The number of pyridine rings is 1. The molecule has 2 aromatic rings. The number of nitrogen functional groups attached to an aromatic ring is 1. The first-order valence-corrected chi connectivity index (χ1v) is 8.13. The van der Waals surface area contributed by atoms with Crippen molar-refractivity contribution in [1.29, 1.82) is 0 Å². The fourth-order valence-electron chi connectivity index (χ4n) is 1.78. The van der Waals surface area contributed by atoms with Gasteiger partial charge in [-0.3, -0.25) is 4.98 Å². The monoisotopic (exact) mass is 325 g/mol. The predicted octanol–water partition coefficient (Wildman–Crippen LogP) is 2.41. The second-order valence-corrected chi connectivity index (χ2v) is 6.89. The van der Waals surface area contributed by atoms with Gasteiger partial charge in [0.05, 0.1) is 17.1 Å². The Labute approximate surface area is 129 Å². The second-order valence-electron chi connectivity index (χ2n) is 4.71. The van der Waals surface area contributed by atoms with Crippen molar-refractivity contribution in [3.8, 4) is 0 Å². The first-order valence-electron chi connectivity index (χ1n) is 6.27. The van der Waals surface area contributed by atoms with Crippen LogP contribution in [0.25, 0.3) is 0 Å². The Morgan fingerprint density at radius 1 is 1.33 bits per heavy atom. The molecule has 7 heteroatoms. The van der Waals surface area contributed by atoms with Gasteiger partial charge in [-0.2, -0.15) is 0 Å². The fraction of sp³-hybridized carbons (Fsp3) is 0.214.